The minimum absolute atomic E-state index is 0.310. The van der Waals surface area contributed by atoms with Gasteiger partial charge in [0.05, 0.1) is 19.4 Å². The maximum atomic E-state index is 10.9. The number of carbonyl (C=O) groups is 1. The molecular formula is C12H17N3O3S. The monoisotopic (exact) mass is 283 g/mol. The quantitative estimate of drug-likeness (QED) is 0.883. The summed E-state index contributed by atoms with van der Waals surface area (Å²) in [6.45, 7) is 5.52. The van der Waals surface area contributed by atoms with Crippen molar-refractivity contribution in [1.82, 2.24) is 9.88 Å². The number of ether oxygens (including phenoxy) is 1. The zero-order chi connectivity index (χ0) is 13.2. The molecule has 3 rings (SSSR count). The molecule has 0 saturated carbocycles. The fourth-order valence-electron chi connectivity index (χ4n) is 2.67. The first-order chi connectivity index (χ1) is 9.24. The SMILES string of the molecule is O=C(O)c1cnc(N2CCC(N3CCOCC3)C2)s1. The number of thiazole rings is 1. The summed E-state index contributed by atoms with van der Waals surface area (Å²) < 4.78 is 5.37. The Hall–Kier alpha value is -1.18. The number of carboxylic acid groups (broad SMARTS) is 1. The summed E-state index contributed by atoms with van der Waals surface area (Å²) in [6.07, 6.45) is 2.56. The van der Waals surface area contributed by atoms with Crippen LogP contribution in [0.25, 0.3) is 0 Å². The smallest absolute Gasteiger partial charge is 0.347 e. The van der Waals surface area contributed by atoms with Crippen molar-refractivity contribution >= 4 is 22.4 Å². The molecule has 19 heavy (non-hydrogen) atoms. The number of anilines is 1. The van der Waals surface area contributed by atoms with Gasteiger partial charge in [-0.1, -0.05) is 11.3 Å². The van der Waals surface area contributed by atoms with E-state index in [-0.39, 0.29) is 0 Å². The third-order valence-corrected chi connectivity index (χ3v) is 4.75. The van der Waals surface area contributed by atoms with Gasteiger partial charge in [-0.05, 0) is 6.42 Å². The summed E-state index contributed by atoms with van der Waals surface area (Å²) in [6, 6.07) is 0.543. The average Bonchev–Trinajstić information content (AvgIpc) is 3.09. The van der Waals surface area contributed by atoms with Crippen LogP contribution in [0.3, 0.4) is 0 Å². The number of hydrogen-bond acceptors (Lipinski definition) is 6. The summed E-state index contributed by atoms with van der Waals surface area (Å²) in [5, 5.41) is 9.75. The molecule has 0 spiro atoms. The van der Waals surface area contributed by atoms with Gasteiger partial charge < -0.3 is 14.7 Å². The highest BCUT2D eigenvalue weighted by atomic mass is 32.1. The Bertz CT molecular complexity index is 459. The molecule has 1 unspecified atom stereocenters. The fourth-order valence-corrected chi connectivity index (χ4v) is 3.46. The Morgan fingerprint density at radius 3 is 2.89 bits per heavy atom. The van der Waals surface area contributed by atoms with Crippen LogP contribution in [0.1, 0.15) is 16.1 Å². The molecule has 2 aliphatic heterocycles. The Balaban J connectivity index is 1.62. The highest BCUT2D eigenvalue weighted by Gasteiger charge is 2.30. The lowest BCUT2D eigenvalue weighted by Gasteiger charge is -2.32. The number of aromatic nitrogens is 1. The molecule has 1 aromatic rings. The molecule has 2 saturated heterocycles. The van der Waals surface area contributed by atoms with E-state index in [1.807, 2.05) is 0 Å². The van der Waals surface area contributed by atoms with Crippen molar-refractivity contribution in [1.29, 1.82) is 0 Å². The molecule has 0 radical (unpaired) electrons. The van der Waals surface area contributed by atoms with E-state index in [2.05, 4.69) is 14.8 Å². The molecule has 2 fully saturated rings. The van der Waals surface area contributed by atoms with Crippen molar-refractivity contribution in [3.8, 4) is 0 Å². The largest absolute Gasteiger partial charge is 0.477 e. The topological polar surface area (TPSA) is 65.9 Å². The van der Waals surface area contributed by atoms with Crippen LogP contribution in [-0.2, 0) is 4.74 Å². The minimum atomic E-state index is -0.896. The second kappa shape index (κ2) is 5.44. The molecule has 3 heterocycles. The van der Waals surface area contributed by atoms with Gasteiger partial charge in [0.25, 0.3) is 0 Å². The summed E-state index contributed by atoms with van der Waals surface area (Å²) in [5.41, 5.74) is 0. The Labute approximate surface area is 115 Å². The van der Waals surface area contributed by atoms with Crippen molar-refractivity contribution in [2.45, 2.75) is 12.5 Å². The summed E-state index contributed by atoms with van der Waals surface area (Å²) in [4.78, 5) is 20.1. The van der Waals surface area contributed by atoms with Crippen molar-refractivity contribution < 1.29 is 14.6 Å². The average molecular weight is 283 g/mol. The van der Waals surface area contributed by atoms with E-state index in [0.29, 0.717) is 10.9 Å². The van der Waals surface area contributed by atoms with Gasteiger partial charge in [0.1, 0.15) is 4.88 Å². The molecular weight excluding hydrogens is 266 g/mol. The number of carboxylic acids is 1. The normalized spacial score (nSPS) is 24.8. The fraction of sp³-hybridized carbons (Fsp3) is 0.667. The second-order valence-electron chi connectivity index (χ2n) is 4.85. The third-order valence-electron chi connectivity index (χ3n) is 3.70. The van der Waals surface area contributed by atoms with Gasteiger partial charge in [-0.15, -0.1) is 0 Å². The molecule has 1 aromatic heterocycles. The van der Waals surface area contributed by atoms with Gasteiger partial charge >= 0.3 is 5.97 Å². The van der Waals surface area contributed by atoms with Gasteiger partial charge in [-0.3, -0.25) is 4.90 Å². The lowest BCUT2D eigenvalue weighted by molar-refractivity contribution is 0.0209. The molecule has 7 heteroatoms. The van der Waals surface area contributed by atoms with Gasteiger partial charge in [0.2, 0.25) is 0 Å². The van der Waals surface area contributed by atoms with Crippen LogP contribution in [0.15, 0.2) is 6.20 Å². The standard InChI is InChI=1S/C12H17N3O3S/c16-11(17)10-7-13-12(19-10)15-2-1-9(8-15)14-3-5-18-6-4-14/h7,9H,1-6,8H2,(H,16,17). The molecule has 1 atom stereocenters. The van der Waals surface area contributed by atoms with E-state index in [4.69, 9.17) is 9.84 Å². The number of nitrogens with zero attached hydrogens (tertiary/aromatic N) is 3. The van der Waals surface area contributed by atoms with Crippen molar-refractivity contribution in [3.05, 3.63) is 11.1 Å². The van der Waals surface area contributed by atoms with Crippen molar-refractivity contribution in [2.24, 2.45) is 0 Å². The Morgan fingerprint density at radius 2 is 2.21 bits per heavy atom. The molecule has 0 bridgehead atoms. The maximum Gasteiger partial charge on any atom is 0.347 e. The summed E-state index contributed by atoms with van der Waals surface area (Å²) in [7, 11) is 0. The van der Waals surface area contributed by atoms with Crippen LogP contribution in [0.4, 0.5) is 5.13 Å². The van der Waals surface area contributed by atoms with Crippen LogP contribution in [0.5, 0.6) is 0 Å². The number of hydrogen-bond donors (Lipinski definition) is 1. The van der Waals surface area contributed by atoms with Crippen LogP contribution < -0.4 is 4.90 Å². The van der Waals surface area contributed by atoms with Crippen LogP contribution in [0, 0.1) is 0 Å². The van der Waals surface area contributed by atoms with E-state index < -0.39 is 5.97 Å². The Morgan fingerprint density at radius 1 is 1.42 bits per heavy atom. The van der Waals surface area contributed by atoms with Crippen LogP contribution in [-0.4, -0.2) is 66.4 Å². The molecule has 1 N–H and O–H groups in total. The number of morpholine rings is 1. The van der Waals surface area contributed by atoms with Crippen LogP contribution >= 0.6 is 11.3 Å². The molecule has 104 valence electrons. The lowest BCUT2D eigenvalue weighted by atomic mass is 10.2. The van der Waals surface area contributed by atoms with E-state index in [0.717, 1.165) is 50.9 Å². The molecule has 2 aliphatic rings. The van der Waals surface area contributed by atoms with Gasteiger partial charge in [-0.25, -0.2) is 9.78 Å². The van der Waals surface area contributed by atoms with E-state index >= 15 is 0 Å². The lowest BCUT2D eigenvalue weighted by Crippen LogP contribution is -2.44. The molecule has 0 amide bonds. The highest BCUT2D eigenvalue weighted by Crippen LogP contribution is 2.27. The highest BCUT2D eigenvalue weighted by molar-refractivity contribution is 7.17. The summed E-state index contributed by atoms with van der Waals surface area (Å²) in [5.74, 6) is -0.896. The molecule has 6 nitrogen and oxygen atoms in total. The Kier molecular flexibility index (Phi) is 3.67. The van der Waals surface area contributed by atoms with Crippen molar-refractivity contribution in [3.63, 3.8) is 0 Å². The van der Waals surface area contributed by atoms with E-state index in [1.54, 1.807) is 0 Å². The first-order valence-corrected chi connectivity index (χ1v) is 7.31. The van der Waals surface area contributed by atoms with Crippen molar-refractivity contribution in [2.75, 3.05) is 44.3 Å². The van der Waals surface area contributed by atoms with Crippen LogP contribution in [0.2, 0.25) is 0 Å². The first kappa shape index (κ1) is 12.8. The van der Waals surface area contributed by atoms with E-state index in [9.17, 15) is 4.79 Å². The van der Waals surface area contributed by atoms with Gasteiger partial charge in [0, 0.05) is 32.2 Å². The number of aromatic carboxylic acids is 1. The second-order valence-corrected chi connectivity index (χ2v) is 5.86. The zero-order valence-electron chi connectivity index (χ0n) is 10.6. The summed E-state index contributed by atoms with van der Waals surface area (Å²) >= 11 is 1.26. The third kappa shape index (κ3) is 2.72. The van der Waals surface area contributed by atoms with Gasteiger partial charge in [-0.2, -0.15) is 0 Å². The first-order valence-electron chi connectivity index (χ1n) is 6.50. The predicted molar refractivity (Wildman–Crippen MR) is 72.1 cm³/mol. The molecule has 0 aromatic carbocycles. The van der Waals surface area contributed by atoms with E-state index in [1.165, 1.54) is 17.5 Å². The number of rotatable bonds is 3. The minimum Gasteiger partial charge on any atom is -0.477 e. The zero-order valence-corrected chi connectivity index (χ0v) is 11.4. The molecule has 0 aliphatic carbocycles. The maximum absolute atomic E-state index is 10.9. The predicted octanol–water partition coefficient (Wildman–Crippen LogP) is 0.752. The van der Waals surface area contributed by atoms with Gasteiger partial charge in [0.15, 0.2) is 5.13 Å².